The highest BCUT2D eigenvalue weighted by atomic mass is 79.9. The predicted molar refractivity (Wildman–Crippen MR) is 94.0 cm³/mol. The molecule has 1 fully saturated rings. The lowest BCUT2D eigenvalue weighted by molar-refractivity contribution is 0.376. The molecule has 0 aliphatic carbocycles. The highest BCUT2D eigenvalue weighted by molar-refractivity contribution is 9.10. The fraction of sp³-hybridized carbons (Fsp3) is 0.312. The van der Waals surface area contributed by atoms with Gasteiger partial charge in [0.15, 0.2) is 0 Å². The van der Waals surface area contributed by atoms with Crippen molar-refractivity contribution in [3.05, 3.63) is 35.3 Å². The summed E-state index contributed by atoms with van der Waals surface area (Å²) in [4.78, 5) is 12.8. The van der Waals surface area contributed by atoms with Gasteiger partial charge in [-0.2, -0.15) is 0 Å². The molecule has 7 heteroatoms. The lowest BCUT2D eigenvalue weighted by Crippen LogP contribution is -2.29. The number of piperidine rings is 1. The number of nitrogens with zero attached hydrogens (tertiary/aromatic N) is 4. The molecule has 4 heterocycles. The molecule has 0 radical (unpaired) electrons. The van der Waals surface area contributed by atoms with Gasteiger partial charge in [-0.3, -0.25) is 0 Å². The number of hydrogen-bond acceptors (Lipinski definition) is 5. The maximum atomic E-state index is 5.76. The second-order valence-electron chi connectivity index (χ2n) is 5.76. The van der Waals surface area contributed by atoms with Crippen molar-refractivity contribution in [1.82, 2.24) is 24.8 Å². The zero-order chi connectivity index (χ0) is 15.8. The van der Waals surface area contributed by atoms with Crippen molar-refractivity contribution in [2.75, 3.05) is 18.8 Å². The fourth-order valence-electron chi connectivity index (χ4n) is 3.24. The Labute approximate surface area is 142 Å². The number of hydrogen-bond donors (Lipinski definition) is 2. The smallest absolute Gasteiger partial charge is 0.220 e. The van der Waals surface area contributed by atoms with Gasteiger partial charge in [0.2, 0.25) is 5.95 Å². The molecular formula is C16H17BrN6. The van der Waals surface area contributed by atoms with Crippen LogP contribution in [0, 0.1) is 0 Å². The van der Waals surface area contributed by atoms with E-state index in [1.54, 1.807) is 6.20 Å². The van der Waals surface area contributed by atoms with Gasteiger partial charge in [-0.05, 0) is 54.0 Å². The van der Waals surface area contributed by atoms with E-state index < -0.39 is 0 Å². The van der Waals surface area contributed by atoms with E-state index in [4.69, 9.17) is 5.73 Å². The van der Waals surface area contributed by atoms with E-state index in [-0.39, 0.29) is 0 Å². The lowest BCUT2D eigenvalue weighted by atomic mass is 10.1. The van der Waals surface area contributed by atoms with Gasteiger partial charge in [-0.25, -0.2) is 15.0 Å². The molecule has 1 aliphatic heterocycles. The summed E-state index contributed by atoms with van der Waals surface area (Å²) in [5.41, 5.74) is 8.80. The summed E-state index contributed by atoms with van der Waals surface area (Å²) in [6.07, 6.45) is 8.03. The van der Waals surface area contributed by atoms with Gasteiger partial charge in [0, 0.05) is 29.4 Å². The molecule has 6 nitrogen and oxygen atoms in total. The second-order valence-corrected chi connectivity index (χ2v) is 6.57. The molecule has 0 spiro atoms. The van der Waals surface area contributed by atoms with Gasteiger partial charge in [0.1, 0.15) is 4.60 Å². The first kappa shape index (κ1) is 14.6. The topological polar surface area (TPSA) is 81.6 Å². The van der Waals surface area contributed by atoms with Crippen LogP contribution in [-0.4, -0.2) is 32.6 Å². The SMILES string of the molecule is Nc1nccc(-c2cn(C3CCNCC3)c3cnc(Br)cc23)n1. The summed E-state index contributed by atoms with van der Waals surface area (Å²) in [7, 11) is 0. The Morgan fingerprint density at radius 3 is 2.87 bits per heavy atom. The van der Waals surface area contributed by atoms with Crippen molar-refractivity contribution in [1.29, 1.82) is 0 Å². The van der Waals surface area contributed by atoms with E-state index in [2.05, 4.69) is 47.0 Å². The molecule has 3 aromatic heterocycles. The van der Waals surface area contributed by atoms with Crippen LogP contribution in [0.3, 0.4) is 0 Å². The van der Waals surface area contributed by atoms with Crippen LogP contribution in [0.15, 0.2) is 35.3 Å². The van der Waals surface area contributed by atoms with Crippen LogP contribution in [0.1, 0.15) is 18.9 Å². The molecule has 4 rings (SSSR count). The lowest BCUT2D eigenvalue weighted by Gasteiger charge is -2.25. The van der Waals surface area contributed by atoms with Gasteiger partial charge in [-0.15, -0.1) is 0 Å². The van der Waals surface area contributed by atoms with Crippen LogP contribution in [0.4, 0.5) is 5.95 Å². The average molecular weight is 373 g/mol. The monoisotopic (exact) mass is 372 g/mol. The fourth-order valence-corrected chi connectivity index (χ4v) is 3.57. The minimum atomic E-state index is 0.290. The molecule has 1 saturated heterocycles. The maximum absolute atomic E-state index is 5.76. The average Bonchev–Trinajstić information content (AvgIpc) is 2.94. The minimum Gasteiger partial charge on any atom is -0.368 e. The quantitative estimate of drug-likeness (QED) is 0.675. The van der Waals surface area contributed by atoms with Gasteiger partial charge in [0.05, 0.1) is 17.4 Å². The van der Waals surface area contributed by atoms with E-state index >= 15 is 0 Å². The van der Waals surface area contributed by atoms with Crippen molar-refractivity contribution in [3.63, 3.8) is 0 Å². The van der Waals surface area contributed by atoms with E-state index in [9.17, 15) is 0 Å². The van der Waals surface area contributed by atoms with Gasteiger partial charge in [0.25, 0.3) is 0 Å². The summed E-state index contributed by atoms with van der Waals surface area (Å²) in [5.74, 6) is 0.290. The van der Waals surface area contributed by atoms with Crippen molar-refractivity contribution in [2.45, 2.75) is 18.9 Å². The number of anilines is 1. The molecule has 3 N–H and O–H groups in total. The Kier molecular flexibility index (Phi) is 3.74. The largest absolute Gasteiger partial charge is 0.368 e. The highest BCUT2D eigenvalue weighted by Crippen LogP contribution is 2.34. The molecule has 0 atom stereocenters. The summed E-state index contributed by atoms with van der Waals surface area (Å²) < 4.78 is 3.15. The first-order valence-electron chi connectivity index (χ1n) is 7.68. The third kappa shape index (κ3) is 2.70. The minimum absolute atomic E-state index is 0.290. The van der Waals surface area contributed by atoms with Gasteiger partial charge in [-0.1, -0.05) is 0 Å². The Bertz CT molecular complexity index is 853. The van der Waals surface area contributed by atoms with Crippen LogP contribution in [0.5, 0.6) is 0 Å². The Morgan fingerprint density at radius 1 is 1.26 bits per heavy atom. The Morgan fingerprint density at radius 2 is 2.09 bits per heavy atom. The predicted octanol–water partition coefficient (Wildman–Crippen LogP) is 2.76. The molecular weight excluding hydrogens is 356 g/mol. The van der Waals surface area contributed by atoms with Gasteiger partial charge < -0.3 is 15.6 Å². The maximum Gasteiger partial charge on any atom is 0.220 e. The van der Waals surface area contributed by atoms with Crippen molar-refractivity contribution in [2.24, 2.45) is 0 Å². The van der Waals surface area contributed by atoms with E-state index in [1.807, 2.05) is 18.3 Å². The van der Waals surface area contributed by atoms with Crippen molar-refractivity contribution in [3.8, 4) is 11.3 Å². The molecule has 0 amide bonds. The van der Waals surface area contributed by atoms with Crippen LogP contribution in [-0.2, 0) is 0 Å². The highest BCUT2D eigenvalue weighted by Gasteiger charge is 2.20. The third-order valence-corrected chi connectivity index (χ3v) is 4.77. The number of halogens is 1. The number of pyridine rings is 1. The number of nitrogens with two attached hydrogens (primary N) is 1. The van der Waals surface area contributed by atoms with E-state index in [0.29, 0.717) is 12.0 Å². The Balaban J connectivity index is 1.91. The van der Waals surface area contributed by atoms with E-state index in [0.717, 1.165) is 52.7 Å². The first-order valence-corrected chi connectivity index (χ1v) is 8.47. The number of aromatic nitrogens is 4. The molecule has 0 bridgehead atoms. The standard InChI is InChI=1S/C16H17BrN6/c17-15-7-11-12(13-3-6-20-16(18)22-13)9-23(14(11)8-21-15)10-1-4-19-5-2-10/h3,6-10,19H,1-2,4-5H2,(H2,18,20,22). The summed E-state index contributed by atoms with van der Waals surface area (Å²) in [6.45, 7) is 2.09. The number of nitrogen functional groups attached to an aromatic ring is 1. The normalized spacial score (nSPS) is 16.0. The molecule has 23 heavy (non-hydrogen) atoms. The van der Waals surface area contributed by atoms with E-state index in [1.165, 1.54) is 0 Å². The zero-order valence-corrected chi connectivity index (χ0v) is 14.1. The summed E-state index contributed by atoms with van der Waals surface area (Å²) in [5, 5.41) is 4.54. The van der Waals surface area contributed by atoms with Crippen LogP contribution in [0.2, 0.25) is 0 Å². The first-order chi connectivity index (χ1) is 11.2. The molecule has 1 aliphatic rings. The number of rotatable bonds is 2. The molecule has 3 aromatic rings. The number of nitrogens with one attached hydrogen (secondary N) is 1. The molecule has 0 saturated carbocycles. The van der Waals surface area contributed by atoms with Crippen LogP contribution in [0.25, 0.3) is 22.2 Å². The number of fused-ring (bicyclic) bond motifs is 1. The molecule has 0 aromatic carbocycles. The zero-order valence-electron chi connectivity index (χ0n) is 12.5. The summed E-state index contributed by atoms with van der Waals surface area (Å²) >= 11 is 3.47. The van der Waals surface area contributed by atoms with Crippen molar-refractivity contribution < 1.29 is 0 Å². The van der Waals surface area contributed by atoms with Crippen molar-refractivity contribution >= 4 is 32.8 Å². The van der Waals surface area contributed by atoms with Gasteiger partial charge >= 0.3 is 0 Å². The Hall–Kier alpha value is -1.99. The molecule has 118 valence electrons. The van der Waals surface area contributed by atoms with Crippen LogP contribution < -0.4 is 11.1 Å². The molecule has 0 unspecified atom stereocenters. The van der Waals surface area contributed by atoms with Crippen LogP contribution >= 0.6 is 15.9 Å². The summed E-state index contributed by atoms with van der Waals surface area (Å²) in [6, 6.07) is 4.42. The second kappa shape index (κ2) is 5.90. The third-order valence-electron chi connectivity index (χ3n) is 4.34.